The largest absolute Gasteiger partial charge is 0.444 e. The van der Waals surface area contributed by atoms with Crippen molar-refractivity contribution in [3.8, 4) is 0 Å². The zero-order chi connectivity index (χ0) is 14.0. The number of anilines is 1. The molecule has 0 amide bonds. The molecule has 5 nitrogen and oxygen atoms in total. The summed E-state index contributed by atoms with van der Waals surface area (Å²) in [5, 5.41) is 2.15. The van der Waals surface area contributed by atoms with Gasteiger partial charge in [-0.05, 0) is 18.5 Å². The van der Waals surface area contributed by atoms with Crippen LogP contribution in [0.2, 0.25) is 5.28 Å². The maximum atomic E-state index is 12.5. The van der Waals surface area contributed by atoms with Gasteiger partial charge in [-0.25, -0.2) is 15.0 Å². The summed E-state index contributed by atoms with van der Waals surface area (Å²) < 4.78 is 42.7. The van der Waals surface area contributed by atoms with E-state index in [-0.39, 0.29) is 12.4 Å². The zero-order valence-electron chi connectivity index (χ0n) is 9.62. The van der Waals surface area contributed by atoms with Gasteiger partial charge in [0, 0.05) is 6.07 Å². The van der Waals surface area contributed by atoms with Crippen molar-refractivity contribution in [2.24, 2.45) is 0 Å². The standard InChI is InChI=1S/C10H8ClF3N4O/c1-5-3-16-8(19-5)4-15-7-2-6(10(12,13)14)17-9(11)18-7/h2-3H,4H2,1H3,(H,15,17,18). The van der Waals surface area contributed by atoms with Crippen molar-refractivity contribution in [2.45, 2.75) is 19.6 Å². The lowest BCUT2D eigenvalue weighted by atomic mass is 10.4. The van der Waals surface area contributed by atoms with Crippen LogP contribution in [0.3, 0.4) is 0 Å². The molecule has 0 aliphatic carbocycles. The number of nitrogens with one attached hydrogen (secondary N) is 1. The second kappa shape index (κ2) is 5.04. The molecular weight excluding hydrogens is 285 g/mol. The number of alkyl halides is 3. The molecular formula is C10H8ClF3N4O. The summed E-state index contributed by atoms with van der Waals surface area (Å²) in [4.78, 5) is 10.7. The molecule has 0 aliphatic rings. The van der Waals surface area contributed by atoms with Crippen LogP contribution in [0.4, 0.5) is 19.0 Å². The SMILES string of the molecule is Cc1cnc(CNc2cc(C(F)(F)F)nc(Cl)n2)o1. The Morgan fingerprint density at radius 1 is 1.37 bits per heavy atom. The van der Waals surface area contributed by atoms with E-state index < -0.39 is 17.2 Å². The summed E-state index contributed by atoms with van der Waals surface area (Å²) in [6.07, 6.45) is -3.08. The molecule has 2 aromatic rings. The van der Waals surface area contributed by atoms with Crippen LogP contribution in [-0.4, -0.2) is 15.0 Å². The monoisotopic (exact) mass is 292 g/mol. The number of rotatable bonds is 3. The highest BCUT2D eigenvalue weighted by Gasteiger charge is 2.33. The van der Waals surface area contributed by atoms with Crippen LogP contribution >= 0.6 is 11.6 Å². The fraction of sp³-hybridized carbons (Fsp3) is 0.300. The molecule has 102 valence electrons. The molecule has 0 spiro atoms. The van der Waals surface area contributed by atoms with Gasteiger partial charge in [-0.3, -0.25) is 0 Å². The Labute approximate surface area is 110 Å². The van der Waals surface area contributed by atoms with Gasteiger partial charge in [0.25, 0.3) is 0 Å². The van der Waals surface area contributed by atoms with Gasteiger partial charge in [-0.15, -0.1) is 0 Å². The molecule has 0 bridgehead atoms. The van der Waals surface area contributed by atoms with Gasteiger partial charge in [0.2, 0.25) is 11.2 Å². The summed E-state index contributed by atoms with van der Waals surface area (Å²) in [5.41, 5.74) is -1.11. The van der Waals surface area contributed by atoms with Crippen LogP contribution in [0.25, 0.3) is 0 Å². The zero-order valence-corrected chi connectivity index (χ0v) is 10.4. The minimum Gasteiger partial charge on any atom is -0.444 e. The van der Waals surface area contributed by atoms with Gasteiger partial charge in [-0.1, -0.05) is 0 Å². The van der Waals surface area contributed by atoms with E-state index in [0.717, 1.165) is 6.07 Å². The first-order valence-corrected chi connectivity index (χ1v) is 5.49. The number of hydrogen-bond donors (Lipinski definition) is 1. The Morgan fingerprint density at radius 3 is 2.68 bits per heavy atom. The second-order valence-corrected chi connectivity index (χ2v) is 3.96. The van der Waals surface area contributed by atoms with Crippen molar-refractivity contribution in [3.05, 3.63) is 34.9 Å². The molecule has 0 atom stereocenters. The second-order valence-electron chi connectivity index (χ2n) is 3.62. The Hall–Kier alpha value is -1.83. The third-order valence-corrected chi connectivity index (χ3v) is 2.25. The molecule has 0 saturated heterocycles. The van der Waals surface area contributed by atoms with E-state index in [1.54, 1.807) is 6.92 Å². The van der Waals surface area contributed by atoms with Gasteiger partial charge < -0.3 is 9.73 Å². The van der Waals surface area contributed by atoms with Gasteiger partial charge >= 0.3 is 6.18 Å². The first kappa shape index (κ1) is 13.6. The van der Waals surface area contributed by atoms with Crippen molar-refractivity contribution in [2.75, 3.05) is 5.32 Å². The van der Waals surface area contributed by atoms with Crippen LogP contribution in [-0.2, 0) is 12.7 Å². The van der Waals surface area contributed by atoms with E-state index in [9.17, 15) is 13.2 Å². The quantitative estimate of drug-likeness (QED) is 0.881. The predicted molar refractivity (Wildman–Crippen MR) is 60.6 cm³/mol. The number of halogens is 4. The number of oxazole rings is 1. The lowest BCUT2D eigenvalue weighted by molar-refractivity contribution is -0.141. The number of hydrogen-bond acceptors (Lipinski definition) is 5. The topological polar surface area (TPSA) is 63.8 Å². The number of aryl methyl sites for hydroxylation is 1. The van der Waals surface area contributed by atoms with Crippen molar-refractivity contribution in [1.82, 2.24) is 15.0 Å². The van der Waals surface area contributed by atoms with E-state index >= 15 is 0 Å². The first-order valence-electron chi connectivity index (χ1n) is 5.11. The third-order valence-electron chi connectivity index (χ3n) is 2.08. The summed E-state index contributed by atoms with van der Waals surface area (Å²) in [5.74, 6) is 0.887. The minimum atomic E-state index is -4.58. The van der Waals surface area contributed by atoms with E-state index in [1.807, 2.05) is 0 Å². The summed E-state index contributed by atoms with van der Waals surface area (Å²) in [6, 6.07) is 0.766. The average Bonchev–Trinajstić information content (AvgIpc) is 2.71. The van der Waals surface area contributed by atoms with Crippen molar-refractivity contribution < 1.29 is 17.6 Å². The molecule has 0 aromatic carbocycles. The van der Waals surface area contributed by atoms with E-state index in [4.69, 9.17) is 16.0 Å². The Balaban J connectivity index is 2.14. The summed E-state index contributed by atoms with van der Waals surface area (Å²) >= 11 is 5.44. The lowest BCUT2D eigenvalue weighted by Gasteiger charge is -2.08. The normalized spacial score (nSPS) is 11.6. The highest BCUT2D eigenvalue weighted by molar-refractivity contribution is 6.28. The van der Waals surface area contributed by atoms with Crippen molar-refractivity contribution >= 4 is 17.4 Å². The van der Waals surface area contributed by atoms with Crippen LogP contribution in [0.1, 0.15) is 17.3 Å². The summed E-state index contributed by atoms with van der Waals surface area (Å²) in [6.45, 7) is 1.80. The molecule has 0 unspecified atom stereocenters. The van der Waals surface area contributed by atoms with Crippen LogP contribution < -0.4 is 5.32 Å². The predicted octanol–water partition coefficient (Wildman–Crippen LogP) is 3.06. The average molecular weight is 293 g/mol. The van der Waals surface area contributed by atoms with Crippen molar-refractivity contribution in [1.29, 1.82) is 0 Å². The number of nitrogens with zero attached hydrogens (tertiary/aromatic N) is 3. The molecule has 1 N–H and O–H groups in total. The Kier molecular flexibility index (Phi) is 3.61. The fourth-order valence-electron chi connectivity index (χ4n) is 1.30. The smallest absolute Gasteiger partial charge is 0.433 e. The molecule has 0 aliphatic heterocycles. The molecule has 19 heavy (non-hydrogen) atoms. The van der Waals surface area contributed by atoms with Gasteiger partial charge in [0.1, 0.15) is 11.6 Å². The van der Waals surface area contributed by atoms with E-state index in [2.05, 4.69) is 20.3 Å². The van der Waals surface area contributed by atoms with Gasteiger partial charge in [-0.2, -0.15) is 13.2 Å². The lowest BCUT2D eigenvalue weighted by Crippen LogP contribution is -2.11. The minimum absolute atomic E-state index is 0.0526. The van der Waals surface area contributed by atoms with Crippen LogP contribution in [0.5, 0.6) is 0 Å². The van der Waals surface area contributed by atoms with Gasteiger partial charge in [0.05, 0.1) is 12.7 Å². The molecule has 0 fully saturated rings. The Morgan fingerprint density at radius 2 is 2.11 bits per heavy atom. The highest BCUT2D eigenvalue weighted by Crippen LogP contribution is 2.29. The molecule has 2 rings (SSSR count). The number of aromatic nitrogens is 3. The first-order chi connectivity index (χ1) is 8.84. The third kappa shape index (κ3) is 3.57. The van der Waals surface area contributed by atoms with E-state index in [1.165, 1.54) is 6.20 Å². The van der Waals surface area contributed by atoms with E-state index in [0.29, 0.717) is 11.7 Å². The fourth-order valence-corrected chi connectivity index (χ4v) is 1.49. The molecule has 0 saturated carbocycles. The van der Waals surface area contributed by atoms with Crippen LogP contribution in [0.15, 0.2) is 16.7 Å². The maximum absolute atomic E-state index is 12.5. The Bertz CT molecular complexity index is 584. The molecule has 0 radical (unpaired) electrons. The molecule has 2 aromatic heterocycles. The van der Waals surface area contributed by atoms with Crippen LogP contribution in [0, 0.1) is 6.92 Å². The maximum Gasteiger partial charge on any atom is 0.433 e. The highest BCUT2D eigenvalue weighted by atomic mass is 35.5. The summed E-state index contributed by atoms with van der Waals surface area (Å²) in [7, 11) is 0. The van der Waals surface area contributed by atoms with Gasteiger partial charge in [0.15, 0.2) is 5.69 Å². The molecule has 9 heteroatoms. The molecule has 2 heterocycles. The van der Waals surface area contributed by atoms with Crippen molar-refractivity contribution in [3.63, 3.8) is 0 Å².